The van der Waals surface area contributed by atoms with Gasteiger partial charge < -0.3 is 15.4 Å². The van der Waals surface area contributed by atoms with E-state index in [1.54, 1.807) is 18.5 Å². The number of amides is 2. The number of para-hydroxylation sites is 1. The molecule has 2 amide bonds. The molecule has 3 fully saturated rings. The predicted octanol–water partition coefficient (Wildman–Crippen LogP) is 3.04. The first-order valence-corrected chi connectivity index (χ1v) is 10.3. The SMILES string of the molecule is C[C@]12CC[C@H](C[C@@H]1C(=O)NCc1ccncc1)[C@@]1(C2)NC(=O)c2ccccc2O1. The lowest BCUT2D eigenvalue weighted by molar-refractivity contribution is -0.167. The van der Waals surface area contributed by atoms with E-state index < -0.39 is 5.72 Å². The van der Waals surface area contributed by atoms with Gasteiger partial charge in [0.25, 0.3) is 5.91 Å². The number of pyridine rings is 1. The Kier molecular flexibility index (Phi) is 4.12. The Morgan fingerprint density at radius 2 is 2.07 bits per heavy atom. The Morgan fingerprint density at radius 1 is 1.28 bits per heavy atom. The highest BCUT2D eigenvalue weighted by Gasteiger charge is 2.61. The lowest BCUT2D eigenvalue weighted by atomic mass is 9.52. The highest BCUT2D eigenvalue weighted by molar-refractivity contribution is 5.98. The second-order valence-corrected chi connectivity index (χ2v) is 8.87. The molecule has 1 aliphatic heterocycles. The molecule has 2 bridgehead atoms. The molecule has 150 valence electrons. The molecular weight excluding hydrogens is 366 g/mol. The molecule has 0 unspecified atom stereocenters. The average Bonchev–Trinajstić information content (AvgIpc) is 2.72. The summed E-state index contributed by atoms with van der Waals surface area (Å²) in [4.78, 5) is 29.8. The Balaban J connectivity index is 1.35. The summed E-state index contributed by atoms with van der Waals surface area (Å²) in [5.41, 5.74) is 0.698. The zero-order valence-electron chi connectivity index (χ0n) is 16.5. The monoisotopic (exact) mass is 391 g/mol. The van der Waals surface area contributed by atoms with Crippen molar-refractivity contribution in [3.63, 3.8) is 0 Å². The van der Waals surface area contributed by atoms with E-state index in [1.807, 2.05) is 30.3 Å². The largest absolute Gasteiger partial charge is 0.467 e. The molecule has 2 heterocycles. The summed E-state index contributed by atoms with van der Waals surface area (Å²) in [7, 11) is 0. The van der Waals surface area contributed by atoms with Crippen molar-refractivity contribution in [1.29, 1.82) is 0 Å². The zero-order chi connectivity index (χ0) is 20.1. The Morgan fingerprint density at radius 3 is 2.86 bits per heavy atom. The third-order valence-electron chi connectivity index (χ3n) is 7.03. The van der Waals surface area contributed by atoms with Crippen LogP contribution in [0.15, 0.2) is 48.8 Å². The second kappa shape index (κ2) is 6.58. The first kappa shape index (κ1) is 18.2. The molecule has 0 saturated heterocycles. The highest BCUT2D eigenvalue weighted by Crippen LogP contribution is 2.58. The number of benzene rings is 1. The van der Waals surface area contributed by atoms with Crippen molar-refractivity contribution in [3.05, 3.63) is 59.9 Å². The summed E-state index contributed by atoms with van der Waals surface area (Å²) in [6.45, 7) is 2.67. The number of carbonyl (C=O) groups excluding carboxylic acids is 2. The molecule has 4 aliphatic rings. The molecule has 4 atom stereocenters. The first-order chi connectivity index (χ1) is 14.0. The summed E-state index contributed by atoms with van der Waals surface area (Å²) in [6, 6.07) is 11.2. The van der Waals surface area contributed by atoms with E-state index in [4.69, 9.17) is 4.74 Å². The number of hydrogen-bond donors (Lipinski definition) is 2. The molecule has 2 N–H and O–H groups in total. The van der Waals surface area contributed by atoms with E-state index in [1.165, 1.54) is 0 Å². The molecule has 3 aliphatic carbocycles. The molecule has 6 heteroatoms. The third-order valence-corrected chi connectivity index (χ3v) is 7.03. The van der Waals surface area contributed by atoms with Gasteiger partial charge in [0.15, 0.2) is 5.72 Å². The van der Waals surface area contributed by atoms with Crippen LogP contribution in [0.3, 0.4) is 0 Å². The van der Waals surface area contributed by atoms with Crippen LogP contribution in [-0.2, 0) is 11.3 Å². The molecular formula is C23H25N3O3. The Hall–Kier alpha value is -2.89. The lowest BCUT2D eigenvalue weighted by Gasteiger charge is -2.59. The van der Waals surface area contributed by atoms with Gasteiger partial charge in [0.1, 0.15) is 5.75 Å². The van der Waals surface area contributed by atoms with E-state index >= 15 is 0 Å². The van der Waals surface area contributed by atoms with Crippen molar-refractivity contribution < 1.29 is 14.3 Å². The van der Waals surface area contributed by atoms with Gasteiger partial charge in [0.2, 0.25) is 5.91 Å². The Bertz CT molecular complexity index is 963. The number of aromatic nitrogens is 1. The van der Waals surface area contributed by atoms with Gasteiger partial charge in [0, 0.05) is 37.2 Å². The summed E-state index contributed by atoms with van der Waals surface area (Å²) >= 11 is 0. The van der Waals surface area contributed by atoms with Gasteiger partial charge in [-0.05, 0) is 54.5 Å². The topological polar surface area (TPSA) is 80.3 Å². The minimum Gasteiger partial charge on any atom is -0.467 e. The van der Waals surface area contributed by atoms with Gasteiger partial charge >= 0.3 is 0 Å². The van der Waals surface area contributed by atoms with Crippen LogP contribution in [0, 0.1) is 17.3 Å². The maximum atomic E-state index is 13.0. The molecule has 1 aromatic heterocycles. The Labute approximate surface area is 170 Å². The summed E-state index contributed by atoms with van der Waals surface area (Å²) in [5.74, 6) is 0.698. The number of carbonyl (C=O) groups is 2. The van der Waals surface area contributed by atoms with Crippen LogP contribution in [0.5, 0.6) is 5.75 Å². The number of hydrogen-bond acceptors (Lipinski definition) is 4. The minimum absolute atomic E-state index is 0.0774. The van der Waals surface area contributed by atoms with Crippen LogP contribution < -0.4 is 15.4 Å². The van der Waals surface area contributed by atoms with Crippen LogP contribution in [0.4, 0.5) is 0 Å². The normalized spacial score (nSPS) is 32.2. The second-order valence-electron chi connectivity index (χ2n) is 8.87. The fourth-order valence-corrected chi connectivity index (χ4v) is 5.47. The van der Waals surface area contributed by atoms with Crippen molar-refractivity contribution in [2.75, 3.05) is 0 Å². The standard InChI is InChI=1S/C23H25N3O3/c1-22-9-6-16(12-18(22)21(28)25-13-15-7-10-24-11-8-15)23(14-22)26-20(27)17-4-2-3-5-19(17)29-23/h2-5,7-8,10-11,16,18H,6,9,12-14H2,1H3,(H,25,28)(H,26,27)/t16-,18-,22-,23+/m1/s1. The van der Waals surface area contributed by atoms with E-state index in [-0.39, 0.29) is 29.1 Å². The molecule has 2 aromatic rings. The van der Waals surface area contributed by atoms with E-state index in [9.17, 15) is 9.59 Å². The number of fused-ring (bicyclic) bond motifs is 3. The fraction of sp³-hybridized carbons (Fsp3) is 0.435. The predicted molar refractivity (Wildman–Crippen MR) is 107 cm³/mol. The van der Waals surface area contributed by atoms with Gasteiger partial charge in [-0.3, -0.25) is 14.6 Å². The number of nitrogens with zero attached hydrogens (tertiary/aromatic N) is 1. The van der Waals surface area contributed by atoms with Crippen LogP contribution in [0.2, 0.25) is 0 Å². The van der Waals surface area contributed by atoms with E-state index in [0.29, 0.717) is 24.3 Å². The number of rotatable bonds is 3. The molecule has 1 spiro atoms. The van der Waals surface area contributed by atoms with Crippen molar-refractivity contribution in [3.8, 4) is 5.75 Å². The lowest BCUT2D eigenvalue weighted by Crippen LogP contribution is -2.69. The van der Waals surface area contributed by atoms with Crippen LogP contribution in [0.1, 0.15) is 48.5 Å². The van der Waals surface area contributed by atoms with Crippen molar-refractivity contribution >= 4 is 11.8 Å². The molecule has 3 saturated carbocycles. The number of ether oxygens (including phenoxy) is 1. The van der Waals surface area contributed by atoms with Gasteiger partial charge in [-0.1, -0.05) is 19.1 Å². The van der Waals surface area contributed by atoms with Crippen molar-refractivity contribution in [2.24, 2.45) is 17.3 Å². The maximum Gasteiger partial charge on any atom is 0.258 e. The van der Waals surface area contributed by atoms with Gasteiger partial charge in [-0.25, -0.2) is 0 Å². The molecule has 1 aromatic carbocycles. The average molecular weight is 391 g/mol. The molecule has 6 rings (SSSR count). The molecule has 6 nitrogen and oxygen atoms in total. The van der Waals surface area contributed by atoms with Crippen molar-refractivity contribution in [1.82, 2.24) is 15.6 Å². The highest BCUT2D eigenvalue weighted by atomic mass is 16.5. The van der Waals surface area contributed by atoms with Gasteiger partial charge in [-0.2, -0.15) is 0 Å². The zero-order valence-corrected chi connectivity index (χ0v) is 16.5. The molecule has 0 radical (unpaired) electrons. The van der Waals surface area contributed by atoms with Crippen LogP contribution >= 0.6 is 0 Å². The first-order valence-electron chi connectivity index (χ1n) is 10.3. The van der Waals surface area contributed by atoms with E-state index in [0.717, 1.165) is 24.8 Å². The summed E-state index contributed by atoms with van der Waals surface area (Å²) in [5, 5.41) is 6.26. The fourth-order valence-electron chi connectivity index (χ4n) is 5.47. The molecule has 29 heavy (non-hydrogen) atoms. The van der Waals surface area contributed by atoms with Crippen molar-refractivity contribution in [2.45, 2.75) is 44.9 Å². The van der Waals surface area contributed by atoms with Crippen LogP contribution in [0.25, 0.3) is 0 Å². The quantitative estimate of drug-likeness (QED) is 0.843. The van der Waals surface area contributed by atoms with Gasteiger partial charge in [0.05, 0.1) is 5.56 Å². The summed E-state index contributed by atoms with van der Waals surface area (Å²) < 4.78 is 6.42. The van der Waals surface area contributed by atoms with E-state index in [2.05, 4.69) is 22.5 Å². The number of nitrogens with one attached hydrogen (secondary N) is 2. The van der Waals surface area contributed by atoms with Gasteiger partial charge in [-0.15, -0.1) is 0 Å². The smallest absolute Gasteiger partial charge is 0.258 e. The maximum absolute atomic E-state index is 13.0. The minimum atomic E-state index is -0.708. The third kappa shape index (κ3) is 2.98. The summed E-state index contributed by atoms with van der Waals surface area (Å²) in [6.07, 6.45) is 6.76. The van der Waals surface area contributed by atoms with Crippen LogP contribution in [-0.4, -0.2) is 22.5 Å².